The van der Waals surface area contributed by atoms with E-state index in [4.69, 9.17) is 4.74 Å². The Bertz CT molecular complexity index is 883. The fraction of sp³-hybridized carbons (Fsp3) is 0.421. The van der Waals surface area contributed by atoms with E-state index in [1.165, 1.54) is 13.2 Å². The molecule has 150 valence electrons. The van der Waals surface area contributed by atoms with Gasteiger partial charge in [-0.1, -0.05) is 12.1 Å². The minimum absolute atomic E-state index is 0.178. The number of nitrogens with one attached hydrogen (secondary N) is 1. The molecule has 2 aromatic rings. The SMILES string of the molecule is COC(=O)NCC(=O)N1CCOC[C@@H]1c1c(C)nn(-c2ccccc2F)c1C. The molecule has 0 spiro atoms. The fourth-order valence-electron chi connectivity index (χ4n) is 3.46. The number of para-hydroxylation sites is 1. The van der Waals surface area contributed by atoms with Gasteiger partial charge in [0.2, 0.25) is 5.91 Å². The quantitative estimate of drug-likeness (QED) is 0.862. The van der Waals surface area contributed by atoms with Crippen LogP contribution in [0.1, 0.15) is 23.0 Å². The molecule has 8 nitrogen and oxygen atoms in total. The number of aryl methyl sites for hydroxylation is 1. The van der Waals surface area contributed by atoms with Gasteiger partial charge >= 0.3 is 6.09 Å². The summed E-state index contributed by atoms with van der Waals surface area (Å²) >= 11 is 0. The fourth-order valence-corrected chi connectivity index (χ4v) is 3.46. The standard InChI is InChI=1S/C19H23FN4O4/c1-12-18(13(2)24(22-12)15-7-5-4-6-14(15)20)16-11-28-9-8-23(16)17(25)10-21-19(26)27-3/h4-7,16H,8-11H2,1-3H3,(H,21,26)/t16-/m1/s1. The number of carbonyl (C=O) groups is 2. The molecule has 1 aliphatic rings. The van der Waals surface area contributed by atoms with Gasteiger partial charge in [0.15, 0.2) is 0 Å². The van der Waals surface area contributed by atoms with E-state index in [0.717, 1.165) is 11.3 Å². The normalized spacial score (nSPS) is 16.7. The number of morpholine rings is 1. The Balaban J connectivity index is 1.91. The molecule has 1 saturated heterocycles. The molecular formula is C19H23FN4O4. The predicted molar refractivity (Wildman–Crippen MR) is 98.7 cm³/mol. The van der Waals surface area contributed by atoms with E-state index in [0.29, 0.717) is 31.1 Å². The van der Waals surface area contributed by atoms with Gasteiger partial charge in [0.25, 0.3) is 0 Å². The molecule has 1 atom stereocenters. The second kappa shape index (κ2) is 8.39. The number of halogens is 1. The number of amides is 2. The third-order valence-corrected chi connectivity index (χ3v) is 4.78. The van der Waals surface area contributed by atoms with Gasteiger partial charge in [-0.05, 0) is 26.0 Å². The molecule has 1 aromatic carbocycles. The lowest BCUT2D eigenvalue weighted by atomic mass is 10.0. The third kappa shape index (κ3) is 3.84. The Kier molecular flexibility index (Phi) is 5.93. The van der Waals surface area contributed by atoms with Crippen LogP contribution in [-0.2, 0) is 14.3 Å². The number of alkyl carbamates (subject to hydrolysis) is 1. The molecule has 0 bridgehead atoms. The molecule has 3 rings (SSSR count). The molecule has 2 amide bonds. The number of ether oxygens (including phenoxy) is 2. The lowest BCUT2D eigenvalue weighted by Gasteiger charge is -2.36. The Labute approximate surface area is 162 Å². The minimum atomic E-state index is -0.669. The summed E-state index contributed by atoms with van der Waals surface area (Å²) < 4.78 is 25.9. The maximum Gasteiger partial charge on any atom is 0.407 e. The summed E-state index contributed by atoms with van der Waals surface area (Å²) in [6.07, 6.45) is -0.669. The van der Waals surface area contributed by atoms with E-state index in [1.54, 1.807) is 27.8 Å². The number of rotatable bonds is 4. The van der Waals surface area contributed by atoms with Crippen LogP contribution in [0.25, 0.3) is 5.69 Å². The molecule has 28 heavy (non-hydrogen) atoms. The first-order valence-corrected chi connectivity index (χ1v) is 8.94. The lowest BCUT2D eigenvalue weighted by molar-refractivity contribution is -0.139. The average molecular weight is 390 g/mol. The van der Waals surface area contributed by atoms with Crippen LogP contribution in [0.3, 0.4) is 0 Å². The molecule has 1 aromatic heterocycles. The number of hydrogen-bond donors (Lipinski definition) is 1. The second-order valence-corrected chi connectivity index (χ2v) is 6.47. The molecule has 1 N–H and O–H groups in total. The summed E-state index contributed by atoms with van der Waals surface area (Å²) in [5.41, 5.74) is 2.58. The summed E-state index contributed by atoms with van der Waals surface area (Å²) in [5, 5.41) is 6.90. The lowest BCUT2D eigenvalue weighted by Crippen LogP contribution is -2.47. The van der Waals surface area contributed by atoms with Gasteiger partial charge in [-0.15, -0.1) is 0 Å². The van der Waals surface area contributed by atoms with Crippen molar-refractivity contribution in [1.29, 1.82) is 0 Å². The van der Waals surface area contributed by atoms with Crippen molar-refractivity contribution in [3.8, 4) is 5.69 Å². The van der Waals surface area contributed by atoms with Crippen LogP contribution in [0.5, 0.6) is 0 Å². The summed E-state index contributed by atoms with van der Waals surface area (Å²) in [6.45, 7) is 4.57. The van der Waals surface area contributed by atoms with Gasteiger partial charge < -0.3 is 19.7 Å². The summed E-state index contributed by atoms with van der Waals surface area (Å²) in [4.78, 5) is 25.6. The zero-order chi connectivity index (χ0) is 20.3. The number of hydrogen-bond acceptors (Lipinski definition) is 5. The van der Waals surface area contributed by atoms with Crippen LogP contribution in [0.4, 0.5) is 9.18 Å². The molecular weight excluding hydrogens is 367 g/mol. The number of nitrogens with zero attached hydrogens (tertiary/aromatic N) is 3. The Morgan fingerprint density at radius 1 is 1.36 bits per heavy atom. The molecule has 0 unspecified atom stereocenters. The highest BCUT2D eigenvalue weighted by atomic mass is 19.1. The summed E-state index contributed by atoms with van der Waals surface area (Å²) in [6, 6.07) is 6.02. The van der Waals surface area contributed by atoms with Crippen LogP contribution in [0.2, 0.25) is 0 Å². The van der Waals surface area contributed by atoms with E-state index in [2.05, 4.69) is 15.2 Å². The number of benzene rings is 1. The number of methoxy groups -OCH3 is 1. The van der Waals surface area contributed by atoms with Crippen LogP contribution in [-0.4, -0.2) is 60.1 Å². The van der Waals surface area contributed by atoms with Crippen LogP contribution >= 0.6 is 0 Å². The van der Waals surface area contributed by atoms with Gasteiger partial charge in [0.05, 0.1) is 32.1 Å². The molecule has 9 heteroatoms. The molecule has 0 saturated carbocycles. The second-order valence-electron chi connectivity index (χ2n) is 6.47. The van der Waals surface area contributed by atoms with Crippen LogP contribution in [0.15, 0.2) is 24.3 Å². The predicted octanol–water partition coefficient (Wildman–Crippen LogP) is 1.88. The van der Waals surface area contributed by atoms with E-state index < -0.39 is 6.09 Å². The van der Waals surface area contributed by atoms with Crippen molar-refractivity contribution in [2.45, 2.75) is 19.9 Å². The smallest absolute Gasteiger partial charge is 0.407 e. The van der Waals surface area contributed by atoms with E-state index in [9.17, 15) is 14.0 Å². The van der Waals surface area contributed by atoms with Crippen molar-refractivity contribution in [1.82, 2.24) is 20.0 Å². The topological polar surface area (TPSA) is 85.7 Å². The molecule has 0 aliphatic carbocycles. The highest BCUT2D eigenvalue weighted by molar-refractivity contribution is 5.82. The van der Waals surface area contributed by atoms with E-state index in [1.807, 2.05) is 13.8 Å². The summed E-state index contributed by atoms with van der Waals surface area (Å²) in [5.74, 6) is -0.633. The average Bonchev–Trinajstić information content (AvgIpc) is 3.00. The largest absolute Gasteiger partial charge is 0.453 e. The van der Waals surface area contributed by atoms with Crippen molar-refractivity contribution in [3.05, 3.63) is 47.0 Å². The Hall–Kier alpha value is -2.94. The van der Waals surface area contributed by atoms with Gasteiger partial charge in [0.1, 0.15) is 18.0 Å². The Morgan fingerprint density at radius 2 is 2.11 bits per heavy atom. The number of carbonyl (C=O) groups excluding carboxylic acids is 2. The zero-order valence-corrected chi connectivity index (χ0v) is 16.1. The monoisotopic (exact) mass is 390 g/mol. The van der Waals surface area contributed by atoms with Crippen LogP contribution < -0.4 is 5.32 Å². The van der Waals surface area contributed by atoms with Crippen molar-refractivity contribution < 1.29 is 23.5 Å². The van der Waals surface area contributed by atoms with Crippen molar-refractivity contribution in [2.24, 2.45) is 0 Å². The highest BCUT2D eigenvalue weighted by Gasteiger charge is 2.33. The van der Waals surface area contributed by atoms with E-state index in [-0.39, 0.29) is 24.3 Å². The number of aromatic nitrogens is 2. The molecule has 1 aliphatic heterocycles. The minimum Gasteiger partial charge on any atom is -0.453 e. The third-order valence-electron chi connectivity index (χ3n) is 4.78. The van der Waals surface area contributed by atoms with Crippen molar-refractivity contribution in [3.63, 3.8) is 0 Å². The molecule has 1 fully saturated rings. The van der Waals surface area contributed by atoms with Gasteiger partial charge in [0, 0.05) is 17.8 Å². The summed E-state index contributed by atoms with van der Waals surface area (Å²) in [7, 11) is 1.24. The highest BCUT2D eigenvalue weighted by Crippen LogP contribution is 2.31. The van der Waals surface area contributed by atoms with E-state index >= 15 is 0 Å². The maximum atomic E-state index is 14.3. The first-order valence-electron chi connectivity index (χ1n) is 8.94. The van der Waals surface area contributed by atoms with Crippen molar-refractivity contribution >= 4 is 12.0 Å². The zero-order valence-electron chi connectivity index (χ0n) is 16.1. The van der Waals surface area contributed by atoms with Crippen molar-refractivity contribution in [2.75, 3.05) is 33.4 Å². The first kappa shape index (κ1) is 19.8. The van der Waals surface area contributed by atoms with Gasteiger partial charge in [-0.2, -0.15) is 5.10 Å². The molecule has 0 radical (unpaired) electrons. The van der Waals surface area contributed by atoms with Gasteiger partial charge in [-0.25, -0.2) is 13.9 Å². The van der Waals surface area contributed by atoms with Gasteiger partial charge in [-0.3, -0.25) is 4.79 Å². The Morgan fingerprint density at radius 3 is 2.82 bits per heavy atom. The maximum absolute atomic E-state index is 14.3. The van der Waals surface area contributed by atoms with Crippen LogP contribution in [0, 0.1) is 19.7 Å². The first-order chi connectivity index (χ1) is 13.4. The molecule has 2 heterocycles.